The molecule has 1 aromatic rings. The molecule has 1 fully saturated rings. The molecule has 5 heteroatoms. The fraction of sp³-hybridized carbons (Fsp3) is 0.545. The van der Waals surface area contributed by atoms with Gasteiger partial charge in [-0.3, -0.25) is 15.1 Å². The molecule has 0 aromatic carbocycles. The highest BCUT2D eigenvalue weighted by Gasteiger charge is 2.54. The average Bonchev–Trinajstić information content (AvgIpc) is 2.97. The summed E-state index contributed by atoms with van der Waals surface area (Å²) < 4.78 is 0. The van der Waals surface area contributed by atoms with Crippen molar-refractivity contribution in [3.63, 3.8) is 0 Å². The monoisotopic (exact) mass is 221 g/mol. The predicted octanol–water partition coefficient (Wildman–Crippen LogP) is 1.76. The van der Waals surface area contributed by atoms with Gasteiger partial charge in [-0.2, -0.15) is 0 Å². The molecular weight excluding hydrogens is 206 g/mol. The van der Waals surface area contributed by atoms with E-state index < -0.39 is 4.92 Å². The molecule has 0 unspecified atom stereocenters. The number of pyridine rings is 1. The third-order valence-corrected chi connectivity index (χ3v) is 3.43. The molecular formula is C11H15N3O2. The summed E-state index contributed by atoms with van der Waals surface area (Å²) in [6.45, 7) is 3.95. The Morgan fingerprint density at radius 2 is 2.12 bits per heavy atom. The van der Waals surface area contributed by atoms with E-state index >= 15 is 0 Å². The zero-order chi connectivity index (χ0) is 12.0. The first kappa shape index (κ1) is 11.0. The van der Waals surface area contributed by atoms with Gasteiger partial charge in [0.15, 0.2) is 0 Å². The van der Waals surface area contributed by atoms with E-state index in [4.69, 9.17) is 5.73 Å². The van der Waals surface area contributed by atoms with Crippen molar-refractivity contribution >= 4 is 5.69 Å². The van der Waals surface area contributed by atoms with Crippen LogP contribution in [-0.2, 0) is 5.41 Å². The van der Waals surface area contributed by atoms with Gasteiger partial charge in [-0.25, -0.2) is 0 Å². The normalized spacial score (nSPS) is 18.2. The van der Waals surface area contributed by atoms with Crippen LogP contribution in [0.2, 0.25) is 0 Å². The number of nitrogens with zero attached hydrogens (tertiary/aromatic N) is 2. The lowest BCUT2D eigenvalue weighted by Gasteiger charge is -2.30. The molecule has 2 N–H and O–H groups in total. The van der Waals surface area contributed by atoms with E-state index in [9.17, 15) is 10.1 Å². The van der Waals surface area contributed by atoms with Crippen LogP contribution in [0.4, 0.5) is 5.69 Å². The molecule has 1 aromatic heterocycles. The molecule has 0 aliphatic heterocycles. The minimum absolute atomic E-state index is 0.0226. The standard InChI is InChI=1S/C11H15N3O2/c1-10(2,12)11(5-6-11)9-4-3-8(7-13-9)14(15)16/h3-4,7H,5-6,12H2,1-2H3. The maximum absolute atomic E-state index is 10.5. The molecule has 1 aliphatic carbocycles. The second-order valence-electron chi connectivity index (χ2n) is 4.96. The number of rotatable bonds is 3. The van der Waals surface area contributed by atoms with Gasteiger partial charge < -0.3 is 5.73 Å². The van der Waals surface area contributed by atoms with Crippen LogP contribution in [0.25, 0.3) is 0 Å². The van der Waals surface area contributed by atoms with Crippen LogP contribution in [0.1, 0.15) is 32.4 Å². The Bertz CT molecular complexity index is 416. The zero-order valence-electron chi connectivity index (χ0n) is 9.43. The van der Waals surface area contributed by atoms with Crippen LogP contribution in [0.3, 0.4) is 0 Å². The van der Waals surface area contributed by atoms with Crippen LogP contribution in [-0.4, -0.2) is 15.4 Å². The molecule has 2 rings (SSSR count). The van der Waals surface area contributed by atoms with Crippen molar-refractivity contribution in [3.05, 3.63) is 34.1 Å². The van der Waals surface area contributed by atoms with Crippen molar-refractivity contribution in [1.29, 1.82) is 0 Å². The molecule has 0 spiro atoms. The second kappa shape index (κ2) is 3.25. The number of aromatic nitrogens is 1. The minimum atomic E-state index is -0.441. The Morgan fingerprint density at radius 3 is 2.44 bits per heavy atom. The highest BCUT2D eigenvalue weighted by atomic mass is 16.6. The SMILES string of the molecule is CC(C)(N)C1(c2ccc([N+](=O)[O-])cn2)CC1. The summed E-state index contributed by atoms with van der Waals surface area (Å²) in [5, 5.41) is 10.5. The zero-order valence-corrected chi connectivity index (χ0v) is 9.43. The van der Waals surface area contributed by atoms with Gasteiger partial charge in [-0.15, -0.1) is 0 Å². The van der Waals surface area contributed by atoms with Crippen molar-refractivity contribution in [1.82, 2.24) is 4.98 Å². The fourth-order valence-electron chi connectivity index (χ4n) is 2.13. The van der Waals surface area contributed by atoms with E-state index in [0.717, 1.165) is 18.5 Å². The largest absolute Gasteiger partial charge is 0.325 e. The number of nitro groups is 1. The molecule has 0 amide bonds. The van der Waals surface area contributed by atoms with E-state index in [1.165, 1.54) is 12.3 Å². The van der Waals surface area contributed by atoms with Crippen molar-refractivity contribution in [2.24, 2.45) is 5.73 Å². The van der Waals surface area contributed by atoms with E-state index in [1.54, 1.807) is 6.07 Å². The predicted molar refractivity (Wildman–Crippen MR) is 60.1 cm³/mol. The number of nitrogens with two attached hydrogens (primary N) is 1. The third kappa shape index (κ3) is 1.57. The van der Waals surface area contributed by atoms with E-state index in [1.807, 2.05) is 13.8 Å². The first-order chi connectivity index (χ1) is 7.37. The molecule has 5 nitrogen and oxygen atoms in total. The van der Waals surface area contributed by atoms with Crippen molar-refractivity contribution in [2.75, 3.05) is 0 Å². The molecule has 1 saturated carbocycles. The molecule has 0 bridgehead atoms. The summed E-state index contributed by atoms with van der Waals surface area (Å²) in [7, 11) is 0. The maximum atomic E-state index is 10.5. The van der Waals surface area contributed by atoms with Gasteiger partial charge in [-0.05, 0) is 32.8 Å². The molecule has 0 atom stereocenters. The Labute approximate surface area is 93.8 Å². The fourth-order valence-corrected chi connectivity index (χ4v) is 2.13. The number of hydrogen-bond acceptors (Lipinski definition) is 4. The van der Waals surface area contributed by atoms with Crippen LogP contribution >= 0.6 is 0 Å². The van der Waals surface area contributed by atoms with Gasteiger partial charge >= 0.3 is 0 Å². The molecule has 16 heavy (non-hydrogen) atoms. The Hall–Kier alpha value is -1.49. The molecule has 86 valence electrons. The van der Waals surface area contributed by atoms with Gasteiger partial charge in [0.25, 0.3) is 5.69 Å². The molecule has 0 saturated heterocycles. The Balaban J connectivity index is 2.33. The van der Waals surface area contributed by atoms with Crippen molar-refractivity contribution in [2.45, 2.75) is 37.6 Å². The molecule has 0 radical (unpaired) electrons. The van der Waals surface area contributed by atoms with Gasteiger partial charge in [0.05, 0.1) is 4.92 Å². The van der Waals surface area contributed by atoms with Crippen LogP contribution in [0.5, 0.6) is 0 Å². The highest BCUT2D eigenvalue weighted by Crippen LogP contribution is 2.53. The van der Waals surface area contributed by atoms with E-state index in [-0.39, 0.29) is 16.6 Å². The second-order valence-corrected chi connectivity index (χ2v) is 4.96. The molecule has 1 aliphatic rings. The lowest BCUT2D eigenvalue weighted by Crippen LogP contribution is -2.45. The van der Waals surface area contributed by atoms with Gasteiger partial charge in [-0.1, -0.05) is 0 Å². The third-order valence-electron chi connectivity index (χ3n) is 3.43. The van der Waals surface area contributed by atoms with Gasteiger partial charge in [0.2, 0.25) is 0 Å². The average molecular weight is 221 g/mol. The molecule has 1 heterocycles. The summed E-state index contributed by atoms with van der Waals surface area (Å²) in [6, 6.07) is 3.22. The van der Waals surface area contributed by atoms with Gasteiger partial charge in [0, 0.05) is 22.7 Å². The van der Waals surface area contributed by atoms with Gasteiger partial charge in [0.1, 0.15) is 6.20 Å². The quantitative estimate of drug-likeness (QED) is 0.622. The van der Waals surface area contributed by atoms with Crippen molar-refractivity contribution < 1.29 is 4.92 Å². The topological polar surface area (TPSA) is 82.0 Å². The highest BCUT2D eigenvalue weighted by molar-refractivity contribution is 5.35. The Kier molecular flexibility index (Phi) is 2.24. The maximum Gasteiger partial charge on any atom is 0.287 e. The summed E-state index contributed by atoms with van der Waals surface area (Å²) in [5.41, 5.74) is 6.59. The van der Waals surface area contributed by atoms with E-state index in [0.29, 0.717) is 0 Å². The Morgan fingerprint density at radius 1 is 1.50 bits per heavy atom. The summed E-state index contributed by atoms with van der Waals surface area (Å²) >= 11 is 0. The van der Waals surface area contributed by atoms with Crippen molar-refractivity contribution in [3.8, 4) is 0 Å². The van der Waals surface area contributed by atoms with E-state index in [2.05, 4.69) is 4.98 Å². The number of hydrogen-bond donors (Lipinski definition) is 1. The van der Waals surface area contributed by atoms with Crippen LogP contribution < -0.4 is 5.73 Å². The first-order valence-corrected chi connectivity index (χ1v) is 5.27. The van der Waals surface area contributed by atoms with Crippen LogP contribution in [0, 0.1) is 10.1 Å². The lowest BCUT2D eigenvalue weighted by molar-refractivity contribution is -0.385. The minimum Gasteiger partial charge on any atom is -0.325 e. The lowest BCUT2D eigenvalue weighted by atomic mass is 9.82. The summed E-state index contributed by atoms with van der Waals surface area (Å²) in [6.07, 6.45) is 3.31. The smallest absolute Gasteiger partial charge is 0.287 e. The summed E-state index contributed by atoms with van der Waals surface area (Å²) in [5.74, 6) is 0. The van der Waals surface area contributed by atoms with Crippen LogP contribution in [0.15, 0.2) is 18.3 Å². The first-order valence-electron chi connectivity index (χ1n) is 5.27. The summed E-state index contributed by atoms with van der Waals surface area (Å²) in [4.78, 5) is 14.3.